The van der Waals surface area contributed by atoms with Crippen LogP contribution in [0.2, 0.25) is 0 Å². The molecule has 0 saturated carbocycles. The lowest BCUT2D eigenvalue weighted by Crippen LogP contribution is -2.48. The Labute approximate surface area is 184 Å². The van der Waals surface area contributed by atoms with Gasteiger partial charge in [-0.25, -0.2) is 4.99 Å². The van der Waals surface area contributed by atoms with E-state index in [1.165, 1.54) is 11.1 Å². The Hall–Kier alpha value is -1.61. The summed E-state index contributed by atoms with van der Waals surface area (Å²) in [6.07, 6.45) is 0.0571. The Balaban J connectivity index is 0.00000280. The molecule has 0 aliphatic carbocycles. The first-order valence-corrected chi connectivity index (χ1v) is 9.74. The van der Waals surface area contributed by atoms with Crippen LogP contribution in [0.4, 0.5) is 0 Å². The Morgan fingerprint density at radius 2 is 2.14 bits per heavy atom. The van der Waals surface area contributed by atoms with E-state index in [0.717, 1.165) is 37.0 Å². The number of aromatic nitrogens is 1. The van der Waals surface area contributed by atoms with Crippen molar-refractivity contribution in [2.24, 2.45) is 4.99 Å². The average Bonchev–Trinajstić information content (AvgIpc) is 3.15. The molecule has 1 atom stereocenters. The number of morpholine rings is 1. The van der Waals surface area contributed by atoms with Gasteiger partial charge in [-0.15, -0.1) is 24.0 Å². The molecule has 1 aromatic carbocycles. The van der Waals surface area contributed by atoms with E-state index in [1.807, 2.05) is 6.07 Å². The fourth-order valence-corrected chi connectivity index (χ4v) is 3.23. The molecule has 1 saturated heterocycles. The molecule has 1 aromatic heterocycles. The van der Waals surface area contributed by atoms with Gasteiger partial charge in [0.25, 0.3) is 0 Å². The molecule has 7 heteroatoms. The topological polar surface area (TPSA) is 62.9 Å². The van der Waals surface area contributed by atoms with E-state index >= 15 is 0 Å². The molecule has 3 rings (SSSR count). The van der Waals surface area contributed by atoms with Gasteiger partial charge in [-0.2, -0.15) is 0 Å². The molecule has 1 aliphatic heterocycles. The third kappa shape index (κ3) is 5.70. The SMILES string of the molecule is CCNC(=NCc1cc(C(C)C)no1)N1CCOC(c2ccccc2C)C1.I. The summed E-state index contributed by atoms with van der Waals surface area (Å²) in [5.74, 6) is 2.04. The third-order valence-corrected chi connectivity index (χ3v) is 4.79. The van der Waals surface area contributed by atoms with Crippen LogP contribution >= 0.6 is 24.0 Å². The molecule has 2 heterocycles. The zero-order valence-corrected chi connectivity index (χ0v) is 19.5. The zero-order chi connectivity index (χ0) is 19.2. The maximum atomic E-state index is 6.04. The molecule has 154 valence electrons. The van der Waals surface area contributed by atoms with Gasteiger partial charge in [0.05, 0.1) is 18.8 Å². The largest absolute Gasteiger partial charge is 0.370 e. The first-order chi connectivity index (χ1) is 13.1. The average molecular weight is 498 g/mol. The first kappa shape index (κ1) is 22.7. The molecular formula is C21H31IN4O2. The van der Waals surface area contributed by atoms with E-state index in [4.69, 9.17) is 14.3 Å². The number of hydrogen-bond donors (Lipinski definition) is 1. The van der Waals surface area contributed by atoms with Gasteiger partial charge in [0.1, 0.15) is 12.6 Å². The minimum atomic E-state index is 0. The summed E-state index contributed by atoms with van der Waals surface area (Å²) in [5.41, 5.74) is 3.47. The van der Waals surface area contributed by atoms with Crippen molar-refractivity contribution in [3.05, 3.63) is 52.9 Å². The Kier molecular flexibility index (Phi) is 8.75. The standard InChI is InChI=1S/C21H30N4O2.HI/c1-5-22-21(23-13-17-12-19(15(2)3)24-27-17)25-10-11-26-20(14-25)18-9-7-6-8-16(18)4;/h6-9,12,15,20H,5,10-11,13-14H2,1-4H3,(H,22,23);1H. The second kappa shape index (κ2) is 10.8. The van der Waals surface area contributed by atoms with Crippen LogP contribution in [0.1, 0.15) is 55.4 Å². The fraction of sp³-hybridized carbons (Fsp3) is 0.524. The maximum Gasteiger partial charge on any atom is 0.194 e. The molecule has 28 heavy (non-hydrogen) atoms. The van der Waals surface area contributed by atoms with Gasteiger partial charge in [-0.1, -0.05) is 43.3 Å². The second-order valence-electron chi connectivity index (χ2n) is 7.20. The van der Waals surface area contributed by atoms with Crippen LogP contribution in [0.15, 0.2) is 39.8 Å². The van der Waals surface area contributed by atoms with Crippen LogP contribution in [0.5, 0.6) is 0 Å². The summed E-state index contributed by atoms with van der Waals surface area (Å²) in [4.78, 5) is 7.04. The lowest BCUT2D eigenvalue weighted by atomic mass is 10.0. The quantitative estimate of drug-likeness (QED) is 0.379. The number of benzene rings is 1. The first-order valence-electron chi connectivity index (χ1n) is 9.74. The Morgan fingerprint density at radius 1 is 1.36 bits per heavy atom. The summed E-state index contributed by atoms with van der Waals surface area (Å²) in [7, 11) is 0. The molecule has 1 unspecified atom stereocenters. The number of aryl methyl sites for hydroxylation is 1. The molecule has 6 nitrogen and oxygen atoms in total. The van der Waals surface area contributed by atoms with Crippen molar-refractivity contribution < 1.29 is 9.26 Å². The summed E-state index contributed by atoms with van der Waals surface area (Å²) >= 11 is 0. The normalized spacial score (nSPS) is 17.5. The van der Waals surface area contributed by atoms with Gasteiger partial charge in [0.2, 0.25) is 0 Å². The molecule has 0 bridgehead atoms. The van der Waals surface area contributed by atoms with Crippen LogP contribution < -0.4 is 5.32 Å². The van der Waals surface area contributed by atoms with Crippen molar-refractivity contribution in [1.82, 2.24) is 15.4 Å². The van der Waals surface area contributed by atoms with Crippen molar-refractivity contribution in [1.29, 1.82) is 0 Å². The van der Waals surface area contributed by atoms with Crippen LogP contribution in [0.3, 0.4) is 0 Å². The summed E-state index contributed by atoms with van der Waals surface area (Å²) in [6.45, 7) is 12.0. The highest BCUT2D eigenvalue weighted by molar-refractivity contribution is 14.0. The van der Waals surface area contributed by atoms with E-state index in [0.29, 0.717) is 19.1 Å². The summed E-state index contributed by atoms with van der Waals surface area (Å²) in [5, 5.41) is 7.51. The summed E-state index contributed by atoms with van der Waals surface area (Å²) in [6, 6.07) is 10.4. The van der Waals surface area contributed by atoms with Gasteiger partial charge < -0.3 is 19.5 Å². The van der Waals surface area contributed by atoms with Crippen molar-refractivity contribution in [3.63, 3.8) is 0 Å². The minimum absolute atomic E-state index is 0. The molecule has 1 aliphatic rings. The number of rotatable bonds is 5. The van der Waals surface area contributed by atoms with Gasteiger partial charge in [0.15, 0.2) is 11.7 Å². The van der Waals surface area contributed by atoms with E-state index in [2.05, 4.69) is 67.3 Å². The van der Waals surface area contributed by atoms with Crippen molar-refractivity contribution in [2.45, 2.75) is 46.3 Å². The third-order valence-electron chi connectivity index (χ3n) is 4.79. The Morgan fingerprint density at radius 3 is 2.82 bits per heavy atom. The number of aliphatic imine (C=N–C) groups is 1. The minimum Gasteiger partial charge on any atom is -0.370 e. The van der Waals surface area contributed by atoms with Crippen LogP contribution in [-0.4, -0.2) is 42.3 Å². The smallest absolute Gasteiger partial charge is 0.194 e. The maximum absolute atomic E-state index is 6.04. The lowest BCUT2D eigenvalue weighted by molar-refractivity contribution is -0.00835. The van der Waals surface area contributed by atoms with E-state index in [9.17, 15) is 0 Å². The van der Waals surface area contributed by atoms with Gasteiger partial charge in [0, 0.05) is 19.2 Å². The number of halogens is 1. The van der Waals surface area contributed by atoms with Gasteiger partial charge in [-0.3, -0.25) is 0 Å². The highest BCUT2D eigenvalue weighted by atomic mass is 127. The number of hydrogen-bond acceptors (Lipinski definition) is 4. The van der Waals surface area contributed by atoms with E-state index < -0.39 is 0 Å². The molecular weight excluding hydrogens is 467 g/mol. The molecule has 0 amide bonds. The van der Waals surface area contributed by atoms with Crippen molar-refractivity contribution >= 4 is 29.9 Å². The molecule has 0 radical (unpaired) electrons. The molecule has 1 N–H and O–H groups in total. The van der Waals surface area contributed by atoms with Crippen molar-refractivity contribution in [2.75, 3.05) is 26.2 Å². The number of ether oxygens (including phenoxy) is 1. The highest BCUT2D eigenvalue weighted by Gasteiger charge is 2.25. The molecule has 1 fully saturated rings. The van der Waals surface area contributed by atoms with Crippen LogP contribution in [-0.2, 0) is 11.3 Å². The zero-order valence-electron chi connectivity index (χ0n) is 17.1. The predicted octanol–water partition coefficient (Wildman–Crippen LogP) is 4.26. The van der Waals surface area contributed by atoms with Gasteiger partial charge >= 0.3 is 0 Å². The fourth-order valence-electron chi connectivity index (χ4n) is 3.23. The van der Waals surface area contributed by atoms with Crippen LogP contribution in [0, 0.1) is 6.92 Å². The monoisotopic (exact) mass is 498 g/mol. The molecule has 2 aromatic rings. The Bertz CT molecular complexity index is 775. The number of nitrogens with zero attached hydrogens (tertiary/aromatic N) is 3. The van der Waals surface area contributed by atoms with Gasteiger partial charge in [-0.05, 0) is 30.9 Å². The van der Waals surface area contributed by atoms with E-state index in [1.54, 1.807) is 0 Å². The molecule has 0 spiro atoms. The summed E-state index contributed by atoms with van der Waals surface area (Å²) < 4.78 is 11.5. The lowest BCUT2D eigenvalue weighted by Gasteiger charge is -2.35. The van der Waals surface area contributed by atoms with E-state index in [-0.39, 0.29) is 30.1 Å². The number of nitrogens with one attached hydrogen (secondary N) is 1. The van der Waals surface area contributed by atoms with Crippen LogP contribution in [0.25, 0.3) is 0 Å². The second-order valence-corrected chi connectivity index (χ2v) is 7.20. The highest BCUT2D eigenvalue weighted by Crippen LogP contribution is 2.25. The predicted molar refractivity (Wildman–Crippen MR) is 122 cm³/mol. The number of guanidine groups is 1. The van der Waals surface area contributed by atoms with Crippen molar-refractivity contribution in [3.8, 4) is 0 Å².